The third kappa shape index (κ3) is 3.34. The molecule has 0 aromatic rings. The Morgan fingerprint density at radius 3 is 2.50 bits per heavy atom. The number of hydrogen-bond donors (Lipinski definition) is 1. The maximum absolute atomic E-state index is 8.50. The lowest BCUT2D eigenvalue weighted by Gasteiger charge is -2.02. The largest absolute Gasteiger partial charge is 0.322 e. The van der Waals surface area contributed by atoms with Crippen molar-refractivity contribution >= 4 is 35.8 Å². The van der Waals surface area contributed by atoms with Gasteiger partial charge in [-0.1, -0.05) is 6.82 Å². The molecule has 0 bridgehead atoms. The van der Waals surface area contributed by atoms with Crippen molar-refractivity contribution in [3.63, 3.8) is 0 Å². The Morgan fingerprint density at radius 2 is 2.50 bits per heavy atom. The molecule has 0 rings (SSSR count). The molecule has 0 aliphatic rings. The summed E-state index contributed by atoms with van der Waals surface area (Å²) in [6.07, 6.45) is 0.490. The van der Waals surface area contributed by atoms with Gasteiger partial charge in [-0.05, 0) is 22.0 Å². The van der Waals surface area contributed by atoms with Crippen LogP contribution in [0, 0.1) is 0 Å². The highest BCUT2D eigenvalue weighted by atomic mass is 127. The molecule has 0 saturated carbocycles. The third-order valence-electron chi connectivity index (χ3n) is 0.397. The van der Waals surface area contributed by atoms with Gasteiger partial charge in [-0.25, -0.2) is 4.74 Å². The van der Waals surface area contributed by atoms with Crippen LogP contribution in [0.4, 0.5) is 0 Å². The van der Waals surface area contributed by atoms with Crippen molar-refractivity contribution in [2.75, 3.05) is 0 Å². The molecular formula is CH6BINOP. The smallest absolute Gasteiger partial charge is 0.242 e. The maximum Gasteiger partial charge on any atom is 0.242 e. The Labute approximate surface area is 52.8 Å². The van der Waals surface area contributed by atoms with Crippen LogP contribution in [0.5, 0.6) is 0 Å². The third-order valence-corrected chi connectivity index (χ3v) is 2.58. The lowest BCUT2D eigenvalue weighted by Crippen LogP contribution is -2.07. The minimum Gasteiger partial charge on any atom is -0.322 e. The first-order valence-corrected chi connectivity index (χ1v) is 5.70. The topological polar surface area (TPSA) is 23.5 Å². The van der Waals surface area contributed by atoms with Crippen LogP contribution in [-0.2, 0) is 0 Å². The number of rotatable bonds is 2. The van der Waals surface area contributed by atoms with Gasteiger partial charge >= 0.3 is 0 Å². The Balaban J connectivity index is 2.75. The van der Waals surface area contributed by atoms with E-state index in [1.54, 1.807) is 0 Å². The second kappa shape index (κ2) is 4.31. The lowest BCUT2D eigenvalue weighted by atomic mass is 10.0. The van der Waals surface area contributed by atoms with E-state index in [0.717, 1.165) is 7.41 Å². The van der Waals surface area contributed by atoms with Crippen LogP contribution >= 0.6 is 28.4 Å². The van der Waals surface area contributed by atoms with Gasteiger partial charge in [0.15, 0.2) is 0 Å². The van der Waals surface area contributed by atoms with Gasteiger partial charge < -0.3 is 5.21 Å². The molecular weight excluding hydrogens is 211 g/mol. The van der Waals surface area contributed by atoms with E-state index in [2.05, 4.69) is 22.0 Å². The van der Waals surface area contributed by atoms with Crippen molar-refractivity contribution < 1.29 is 5.21 Å². The predicted octanol–water partition coefficient (Wildman–Crippen LogP) is 1.02. The van der Waals surface area contributed by atoms with Crippen molar-refractivity contribution in [3.05, 3.63) is 0 Å². The van der Waals surface area contributed by atoms with Gasteiger partial charge in [-0.3, -0.25) is 0 Å². The Morgan fingerprint density at radius 1 is 2.00 bits per heavy atom. The number of nitrogens with zero attached hydrogens (tertiary/aromatic N) is 1. The fourth-order valence-corrected chi connectivity index (χ4v) is 1.20. The van der Waals surface area contributed by atoms with Crippen LogP contribution in [0.15, 0.2) is 0 Å². The summed E-state index contributed by atoms with van der Waals surface area (Å²) in [6, 6.07) is 0. The number of halogens is 1. The van der Waals surface area contributed by atoms with Gasteiger partial charge in [0.25, 0.3) is 0 Å². The van der Waals surface area contributed by atoms with E-state index in [4.69, 9.17) is 5.21 Å². The van der Waals surface area contributed by atoms with Crippen molar-refractivity contribution in [2.24, 2.45) is 0 Å². The van der Waals surface area contributed by atoms with Crippen molar-refractivity contribution in [1.29, 1.82) is 0 Å². The highest BCUT2D eigenvalue weighted by Gasteiger charge is 1.88. The molecule has 0 aromatic carbocycles. The normalized spacial score (nSPS) is 11.3. The molecule has 0 heterocycles. The second-order valence-corrected chi connectivity index (χ2v) is 2.93. The zero-order valence-electron chi connectivity index (χ0n) is 3.48. The van der Waals surface area contributed by atoms with Crippen molar-refractivity contribution in [2.45, 2.75) is 6.82 Å². The molecule has 2 nitrogen and oxygen atoms in total. The SMILES string of the molecule is CBN(O)PI. The molecule has 0 fully saturated rings. The molecule has 1 atom stereocenters. The van der Waals surface area contributed by atoms with Gasteiger partial charge in [0.05, 0.1) is 0 Å². The molecule has 0 saturated heterocycles. The molecule has 0 aliphatic carbocycles. The molecule has 6 heavy (non-hydrogen) atoms. The van der Waals surface area contributed by atoms with Gasteiger partial charge in [0, 0.05) is 6.37 Å². The van der Waals surface area contributed by atoms with E-state index in [1.165, 1.54) is 4.74 Å². The van der Waals surface area contributed by atoms with Crippen molar-refractivity contribution in [1.82, 2.24) is 4.74 Å². The van der Waals surface area contributed by atoms with E-state index >= 15 is 0 Å². The average Bonchev–Trinajstić information content (AvgIpc) is 1.65. The van der Waals surface area contributed by atoms with E-state index in [0.29, 0.717) is 6.37 Å². The minimum absolute atomic E-state index is 0.490. The summed E-state index contributed by atoms with van der Waals surface area (Å²) in [4.78, 5) is 0. The number of hydrogen-bond acceptors (Lipinski definition) is 2. The Hall–Kier alpha value is 1.14. The maximum atomic E-state index is 8.50. The fraction of sp³-hybridized carbons (Fsp3) is 1.00. The lowest BCUT2D eigenvalue weighted by molar-refractivity contribution is 0.107. The van der Waals surface area contributed by atoms with E-state index < -0.39 is 0 Å². The summed E-state index contributed by atoms with van der Waals surface area (Å²) >= 11 is 2.12. The van der Waals surface area contributed by atoms with E-state index in [1.807, 2.05) is 6.82 Å². The first-order valence-electron chi connectivity index (χ1n) is 1.64. The molecule has 5 heteroatoms. The zero-order chi connectivity index (χ0) is 4.99. The van der Waals surface area contributed by atoms with Gasteiger partial charge in [0.1, 0.15) is 0 Å². The Bertz CT molecular complexity index is 34.7. The average molecular weight is 217 g/mol. The molecule has 1 N–H and O–H groups in total. The first-order chi connectivity index (χ1) is 2.81. The van der Waals surface area contributed by atoms with Crippen molar-refractivity contribution in [3.8, 4) is 0 Å². The fourth-order valence-electron chi connectivity index (χ4n) is 0.0598. The van der Waals surface area contributed by atoms with E-state index in [9.17, 15) is 0 Å². The summed E-state index contributed by atoms with van der Waals surface area (Å²) in [7, 11) is 0.724. The summed E-state index contributed by atoms with van der Waals surface area (Å²) in [6.45, 7) is 1.91. The quantitative estimate of drug-likeness (QED) is 0.323. The van der Waals surface area contributed by atoms with Crippen LogP contribution in [0.3, 0.4) is 0 Å². The monoisotopic (exact) mass is 217 g/mol. The zero-order valence-corrected chi connectivity index (χ0v) is 6.64. The molecule has 0 radical (unpaired) electrons. The molecule has 0 aromatic heterocycles. The molecule has 36 valence electrons. The predicted molar refractivity (Wildman–Crippen MR) is 39.0 cm³/mol. The highest BCUT2D eigenvalue weighted by molar-refractivity contribution is 14.2. The van der Waals surface area contributed by atoms with Gasteiger partial charge in [-0.15, -0.1) is 0 Å². The summed E-state index contributed by atoms with van der Waals surface area (Å²) in [5.74, 6) is 0. The Kier molecular flexibility index (Phi) is 5.13. The summed E-state index contributed by atoms with van der Waals surface area (Å²) < 4.78 is 1.26. The van der Waals surface area contributed by atoms with E-state index in [-0.39, 0.29) is 0 Å². The summed E-state index contributed by atoms with van der Waals surface area (Å²) in [5, 5.41) is 8.50. The molecule has 1 unspecified atom stereocenters. The van der Waals surface area contributed by atoms with Crippen LogP contribution in [0.1, 0.15) is 0 Å². The molecule has 0 spiro atoms. The standard InChI is InChI=1S/CH6BINOP/c1-2-4(5)6-3/h2,5-6H,1H3. The van der Waals surface area contributed by atoms with Gasteiger partial charge in [-0.2, -0.15) is 0 Å². The van der Waals surface area contributed by atoms with Crippen LogP contribution in [-0.4, -0.2) is 17.4 Å². The molecule has 0 aliphatic heterocycles. The second-order valence-electron chi connectivity index (χ2n) is 0.800. The minimum atomic E-state index is 0.490. The van der Waals surface area contributed by atoms with Gasteiger partial charge in [0.2, 0.25) is 7.41 Å². The highest BCUT2D eigenvalue weighted by Crippen LogP contribution is 2.22. The van der Waals surface area contributed by atoms with Crippen LogP contribution in [0.2, 0.25) is 6.82 Å². The molecule has 0 amide bonds. The summed E-state index contributed by atoms with van der Waals surface area (Å²) in [5.41, 5.74) is 0. The first kappa shape index (κ1) is 7.14. The van der Waals surface area contributed by atoms with Crippen LogP contribution < -0.4 is 0 Å². The van der Waals surface area contributed by atoms with Crippen LogP contribution in [0.25, 0.3) is 0 Å².